The second kappa shape index (κ2) is 4.25. The standard InChI is InChI=1S/C14H16ClNO2/c15-11-3-1-10(2-4-11)14(6-7-14)13(18)16-8-5-12(17)9-16/h1-4,12,17H,5-9H2/t12-/m1/s1. The summed E-state index contributed by atoms with van der Waals surface area (Å²) in [5, 5.41) is 10.2. The van der Waals surface area contributed by atoms with Crippen molar-refractivity contribution >= 4 is 17.5 Å². The van der Waals surface area contributed by atoms with Gasteiger partial charge in [0, 0.05) is 18.1 Å². The summed E-state index contributed by atoms with van der Waals surface area (Å²) >= 11 is 5.88. The average molecular weight is 266 g/mol. The number of aliphatic hydroxyl groups is 1. The van der Waals surface area contributed by atoms with Crippen molar-refractivity contribution in [3.63, 3.8) is 0 Å². The van der Waals surface area contributed by atoms with E-state index < -0.39 is 0 Å². The number of amides is 1. The van der Waals surface area contributed by atoms with Crippen molar-refractivity contribution < 1.29 is 9.90 Å². The fourth-order valence-electron chi connectivity index (χ4n) is 2.75. The number of rotatable bonds is 2. The van der Waals surface area contributed by atoms with Gasteiger partial charge in [-0.05, 0) is 37.0 Å². The lowest BCUT2D eigenvalue weighted by atomic mass is 9.94. The van der Waals surface area contributed by atoms with Gasteiger partial charge < -0.3 is 10.0 Å². The van der Waals surface area contributed by atoms with Gasteiger partial charge in [0.15, 0.2) is 0 Å². The van der Waals surface area contributed by atoms with Crippen molar-refractivity contribution in [2.75, 3.05) is 13.1 Å². The van der Waals surface area contributed by atoms with Crippen LogP contribution in [0.4, 0.5) is 0 Å². The zero-order valence-corrected chi connectivity index (χ0v) is 10.9. The molecule has 18 heavy (non-hydrogen) atoms. The lowest BCUT2D eigenvalue weighted by molar-refractivity contribution is -0.133. The first-order valence-electron chi connectivity index (χ1n) is 6.35. The summed E-state index contributed by atoms with van der Waals surface area (Å²) in [4.78, 5) is 14.3. The van der Waals surface area contributed by atoms with E-state index in [9.17, 15) is 9.90 Å². The molecule has 1 heterocycles. The molecule has 4 heteroatoms. The molecular weight excluding hydrogens is 250 g/mol. The van der Waals surface area contributed by atoms with Gasteiger partial charge in [0.2, 0.25) is 5.91 Å². The SMILES string of the molecule is O=C(N1CC[C@@H](O)C1)C1(c2ccc(Cl)cc2)CC1. The van der Waals surface area contributed by atoms with Gasteiger partial charge in [-0.1, -0.05) is 23.7 Å². The van der Waals surface area contributed by atoms with E-state index in [-0.39, 0.29) is 17.4 Å². The Kier molecular flexibility index (Phi) is 2.83. The molecule has 0 spiro atoms. The number of halogens is 1. The van der Waals surface area contributed by atoms with E-state index in [1.54, 1.807) is 4.90 Å². The van der Waals surface area contributed by atoms with Gasteiger partial charge in [-0.25, -0.2) is 0 Å². The zero-order chi connectivity index (χ0) is 12.8. The van der Waals surface area contributed by atoms with Crippen LogP contribution in [0.2, 0.25) is 5.02 Å². The van der Waals surface area contributed by atoms with Crippen molar-refractivity contribution in [3.8, 4) is 0 Å². The highest BCUT2D eigenvalue weighted by Gasteiger charge is 2.53. The molecule has 1 aliphatic heterocycles. The van der Waals surface area contributed by atoms with Crippen LogP contribution in [0.15, 0.2) is 24.3 Å². The number of hydrogen-bond donors (Lipinski definition) is 1. The molecule has 1 saturated carbocycles. The Morgan fingerprint density at radius 3 is 2.50 bits per heavy atom. The van der Waals surface area contributed by atoms with E-state index in [4.69, 9.17) is 11.6 Å². The van der Waals surface area contributed by atoms with Crippen LogP contribution in [0.1, 0.15) is 24.8 Å². The van der Waals surface area contributed by atoms with Crippen molar-refractivity contribution in [1.82, 2.24) is 4.90 Å². The normalized spacial score (nSPS) is 25.2. The summed E-state index contributed by atoms with van der Waals surface area (Å²) in [6.45, 7) is 1.16. The van der Waals surface area contributed by atoms with Gasteiger partial charge in [0.25, 0.3) is 0 Å². The van der Waals surface area contributed by atoms with E-state index in [2.05, 4.69) is 0 Å². The molecule has 2 aliphatic rings. The Hall–Kier alpha value is -1.06. The number of carbonyl (C=O) groups excluding carboxylic acids is 1. The molecule has 0 radical (unpaired) electrons. The van der Waals surface area contributed by atoms with Gasteiger partial charge in [-0.15, -0.1) is 0 Å². The average Bonchev–Trinajstić information content (AvgIpc) is 3.06. The van der Waals surface area contributed by atoms with Crippen LogP contribution in [0.25, 0.3) is 0 Å². The first kappa shape index (κ1) is 12.0. The maximum absolute atomic E-state index is 12.5. The summed E-state index contributed by atoms with van der Waals surface area (Å²) in [5.41, 5.74) is 0.715. The Morgan fingerprint density at radius 2 is 2.00 bits per heavy atom. The molecule has 1 amide bonds. The monoisotopic (exact) mass is 265 g/mol. The van der Waals surface area contributed by atoms with E-state index in [1.165, 1.54) is 0 Å². The Bertz CT molecular complexity index is 467. The van der Waals surface area contributed by atoms with Crippen LogP contribution in [-0.4, -0.2) is 35.1 Å². The molecule has 3 rings (SSSR count). The number of hydrogen-bond acceptors (Lipinski definition) is 2. The van der Waals surface area contributed by atoms with Gasteiger partial charge in [0.1, 0.15) is 0 Å². The predicted molar refractivity (Wildman–Crippen MR) is 69.6 cm³/mol. The van der Waals surface area contributed by atoms with Gasteiger partial charge in [-0.3, -0.25) is 4.79 Å². The molecule has 1 atom stereocenters. The first-order valence-corrected chi connectivity index (χ1v) is 6.73. The molecule has 1 aliphatic carbocycles. The number of β-amino-alcohol motifs (C(OH)–C–C–N with tert-alkyl or cyclic N) is 1. The number of carbonyl (C=O) groups is 1. The Labute approximate surface area is 111 Å². The van der Waals surface area contributed by atoms with E-state index in [1.807, 2.05) is 24.3 Å². The molecule has 1 N–H and O–H groups in total. The van der Waals surface area contributed by atoms with Crippen LogP contribution in [0.5, 0.6) is 0 Å². The van der Waals surface area contributed by atoms with E-state index >= 15 is 0 Å². The lowest BCUT2D eigenvalue weighted by Gasteiger charge is -2.23. The molecule has 0 aromatic heterocycles. The molecule has 3 nitrogen and oxygen atoms in total. The maximum atomic E-state index is 12.5. The summed E-state index contributed by atoms with van der Waals surface area (Å²) in [6, 6.07) is 7.56. The van der Waals surface area contributed by atoms with Crippen molar-refractivity contribution in [3.05, 3.63) is 34.9 Å². The van der Waals surface area contributed by atoms with Crippen LogP contribution in [-0.2, 0) is 10.2 Å². The van der Waals surface area contributed by atoms with Crippen LogP contribution < -0.4 is 0 Å². The number of benzene rings is 1. The molecule has 1 aromatic carbocycles. The minimum absolute atomic E-state index is 0.168. The molecule has 1 aromatic rings. The minimum Gasteiger partial charge on any atom is -0.391 e. The van der Waals surface area contributed by atoms with Crippen molar-refractivity contribution in [2.45, 2.75) is 30.8 Å². The van der Waals surface area contributed by atoms with E-state index in [0.717, 1.165) is 18.4 Å². The molecule has 0 unspecified atom stereocenters. The fraction of sp³-hybridized carbons (Fsp3) is 0.500. The third-order valence-electron chi connectivity index (χ3n) is 4.01. The van der Waals surface area contributed by atoms with E-state index in [0.29, 0.717) is 24.5 Å². The highest BCUT2D eigenvalue weighted by Crippen LogP contribution is 2.50. The molecule has 1 saturated heterocycles. The topological polar surface area (TPSA) is 40.5 Å². The second-order valence-electron chi connectivity index (χ2n) is 5.28. The number of aliphatic hydroxyl groups excluding tert-OH is 1. The summed E-state index contributed by atoms with van der Waals surface area (Å²) in [7, 11) is 0. The van der Waals surface area contributed by atoms with Gasteiger partial charge >= 0.3 is 0 Å². The molecule has 2 fully saturated rings. The molecule has 0 bridgehead atoms. The Balaban J connectivity index is 1.82. The van der Waals surface area contributed by atoms with Crippen molar-refractivity contribution in [1.29, 1.82) is 0 Å². The fourth-order valence-corrected chi connectivity index (χ4v) is 2.87. The molecular formula is C14H16ClNO2. The highest BCUT2D eigenvalue weighted by atomic mass is 35.5. The summed E-state index contributed by atoms with van der Waals surface area (Å²) < 4.78 is 0. The van der Waals surface area contributed by atoms with Gasteiger partial charge in [-0.2, -0.15) is 0 Å². The third-order valence-corrected chi connectivity index (χ3v) is 4.26. The Morgan fingerprint density at radius 1 is 1.33 bits per heavy atom. The highest BCUT2D eigenvalue weighted by molar-refractivity contribution is 6.30. The quantitative estimate of drug-likeness (QED) is 0.888. The van der Waals surface area contributed by atoms with Gasteiger partial charge in [0.05, 0.1) is 11.5 Å². The summed E-state index contributed by atoms with van der Waals surface area (Å²) in [5.74, 6) is 0.168. The largest absolute Gasteiger partial charge is 0.391 e. The number of likely N-dealkylation sites (tertiary alicyclic amines) is 1. The predicted octanol–water partition coefficient (Wildman–Crippen LogP) is 1.96. The first-order chi connectivity index (χ1) is 8.62. The lowest BCUT2D eigenvalue weighted by Crippen LogP contribution is -2.38. The van der Waals surface area contributed by atoms with Crippen LogP contribution in [0, 0.1) is 0 Å². The minimum atomic E-state index is -0.352. The van der Waals surface area contributed by atoms with Crippen LogP contribution >= 0.6 is 11.6 Å². The zero-order valence-electron chi connectivity index (χ0n) is 10.1. The third kappa shape index (κ3) is 1.91. The maximum Gasteiger partial charge on any atom is 0.233 e. The summed E-state index contributed by atoms with van der Waals surface area (Å²) in [6.07, 6.45) is 2.15. The number of nitrogens with zero attached hydrogens (tertiary/aromatic N) is 1. The van der Waals surface area contributed by atoms with Crippen LogP contribution in [0.3, 0.4) is 0 Å². The molecule has 96 valence electrons. The van der Waals surface area contributed by atoms with Crippen molar-refractivity contribution in [2.24, 2.45) is 0 Å². The smallest absolute Gasteiger partial charge is 0.233 e. The second-order valence-corrected chi connectivity index (χ2v) is 5.72.